The highest BCUT2D eigenvalue weighted by molar-refractivity contribution is 9.10. The first-order valence-corrected chi connectivity index (χ1v) is 8.90. The monoisotopic (exact) mass is 388 g/mol. The molecule has 0 radical (unpaired) electrons. The fraction of sp³-hybridized carbons (Fsp3) is 0.625. The first kappa shape index (κ1) is 15.4. The van der Waals surface area contributed by atoms with Crippen molar-refractivity contribution in [2.45, 2.75) is 44.4 Å². The molecule has 0 amide bonds. The summed E-state index contributed by atoms with van der Waals surface area (Å²) in [5.41, 5.74) is 1.36. The Balaban J connectivity index is 2.10. The van der Waals surface area contributed by atoms with Crippen molar-refractivity contribution in [3.8, 4) is 5.75 Å². The van der Waals surface area contributed by atoms with Crippen molar-refractivity contribution in [1.29, 1.82) is 0 Å². The van der Waals surface area contributed by atoms with Gasteiger partial charge in [0.05, 0.1) is 11.1 Å². The molecule has 106 valence electrons. The minimum Gasteiger partial charge on any atom is -0.492 e. The summed E-state index contributed by atoms with van der Waals surface area (Å²) in [6.07, 6.45) is 5.11. The molecule has 1 fully saturated rings. The van der Waals surface area contributed by atoms with Crippen molar-refractivity contribution in [1.82, 2.24) is 0 Å². The van der Waals surface area contributed by atoms with Crippen molar-refractivity contribution < 1.29 is 4.74 Å². The predicted octanol–water partition coefficient (Wildman–Crippen LogP) is 6.11. The van der Waals surface area contributed by atoms with Gasteiger partial charge in [0, 0.05) is 4.83 Å². The lowest BCUT2D eigenvalue weighted by Gasteiger charge is -2.22. The van der Waals surface area contributed by atoms with Crippen LogP contribution in [0.15, 0.2) is 22.7 Å². The smallest absolute Gasteiger partial charge is 0.133 e. The molecule has 0 aromatic heterocycles. The number of ether oxygens (including phenoxy) is 1. The summed E-state index contributed by atoms with van der Waals surface area (Å²) < 4.78 is 6.77. The first-order chi connectivity index (χ1) is 9.13. The Bertz CT molecular complexity index is 419. The maximum Gasteiger partial charge on any atom is 0.133 e. The Hall–Kier alpha value is -0.0200. The van der Waals surface area contributed by atoms with Gasteiger partial charge >= 0.3 is 0 Å². The summed E-state index contributed by atoms with van der Waals surface area (Å²) in [6.45, 7) is 5.27. The van der Waals surface area contributed by atoms with Crippen LogP contribution in [0.4, 0.5) is 0 Å². The van der Waals surface area contributed by atoms with Crippen molar-refractivity contribution in [3.05, 3.63) is 28.2 Å². The molecule has 19 heavy (non-hydrogen) atoms. The third-order valence-electron chi connectivity index (χ3n) is 4.04. The van der Waals surface area contributed by atoms with Crippen molar-refractivity contribution in [2.75, 3.05) is 6.61 Å². The first-order valence-electron chi connectivity index (χ1n) is 7.19. The summed E-state index contributed by atoms with van der Waals surface area (Å²) >= 11 is 7.53. The van der Waals surface area contributed by atoms with E-state index in [0.717, 1.165) is 35.1 Å². The lowest BCUT2D eigenvalue weighted by molar-refractivity contribution is 0.315. The molecule has 0 spiro atoms. The van der Waals surface area contributed by atoms with Crippen LogP contribution < -0.4 is 4.74 Å². The van der Waals surface area contributed by atoms with Gasteiger partial charge in [-0.25, -0.2) is 0 Å². The quantitative estimate of drug-likeness (QED) is 0.552. The summed E-state index contributed by atoms with van der Waals surface area (Å²) in [5.74, 6) is 2.53. The number of benzene rings is 1. The molecule has 2 rings (SSSR count). The van der Waals surface area contributed by atoms with E-state index < -0.39 is 0 Å². The van der Waals surface area contributed by atoms with E-state index in [1.165, 1.54) is 24.8 Å². The molecule has 3 atom stereocenters. The molecular weight excluding hydrogens is 368 g/mol. The van der Waals surface area contributed by atoms with Gasteiger partial charge in [0.25, 0.3) is 0 Å². The minimum atomic E-state index is 0.460. The van der Waals surface area contributed by atoms with Crippen LogP contribution in [0.5, 0.6) is 5.75 Å². The molecule has 1 aromatic rings. The Morgan fingerprint density at radius 1 is 1.37 bits per heavy atom. The molecule has 0 bridgehead atoms. The van der Waals surface area contributed by atoms with Gasteiger partial charge in [0.15, 0.2) is 0 Å². The Morgan fingerprint density at radius 3 is 2.74 bits per heavy atom. The summed E-state index contributed by atoms with van der Waals surface area (Å²) in [5, 5.41) is 0. The number of hydrogen-bond donors (Lipinski definition) is 0. The van der Waals surface area contributed by atoms with Gasteiger partial charge in [0.1, 0.15) is 5.75 Å². The highest BCUT2D eigenvalue weighted by Gasteiger charge is 2.30. The second-order valence-electron chi connectivity index (χ2n) is 5.51. The van der Waals surface area contributed by atoms with E-state index in [4.69, 9.17) is 4.74 Å². The van der Waals surface area contributed by atoms with E-state index in [1.807, 2.05) is 0 Å². The number of rotatable bonds is 5. The van der Waals surface area contributed by atoms with Crippen LogP contribution in [0.1, 0.15) is 49.9 Å². The highest BCUT2D eigenvalue weighted by atomic mass is 79.9. The van der Waals surface area contributed by atoms with Crippen LogP contribution in [0.3, 0.4) is 0 Å². The highest BCUT2D eigenvalue weighted by Crippen LogP contribution is 2.45. The second-order valence-corrected chi connectivity index (χ2v) is 7.35. The molecule has 1 aliphatic rings. The second kappa shape index (κ2) is 7.12. The zero-order chi connectivity index (χ0) is 13.8. The molecule has 0 N–H and O–H groups in total. The molecule has 0 aliphatic heterocycles. The maximum absolute atomic E-state index is 5.71. The largest absolute Gasteiger partial charge is 0.492 e. The third-order valence-corrected chi connectivity index (χ3v) is 5.87. The molecular formula is C16H22Br2O. The van der Waals surface area contributed by atoms with Crippen LogP contribution in [-0.2, 0) is 0 Å². The molecule has 1 saturated carbocycles. The average molecular weight is 390 g/mol. The van der Waals surface area contributed by atoms with Crippen molar-refractivity contribution in [2.24, 2.45) is 11.8 Å². The van der Waals surface area contributed by atoms with E-state index in [0.29, 0.717) is 4.83 Å². The molecule has 1 aromatic carbocycles. The van der Waals surface area contributed by atoms with Crippen molar-refractivity contribution >= 4 is 31.9 Å². The normalized spacial score (nSPS) is 24.4. The third kappa shape index (κ3) is 3.75. The van der Waals surface area contributed by atoms with Gasteiger partial charge in [-0.1, -0.05) is 48.7 Å². The minimum absolute atomic E-state index is 0.460. The number of alkyl halides is 1. The van der Waals surface area contributed by atoms with E-state index in [9.17, 15) is 0 Å². The standard InChI is InChI=1S/C16H22Br2O/c1-3-9-19-15-8-7-12(10-14(15)17)16(18)13-6-4-5-11(13)2/h7-8,10-11,13,16H,3-6,9H2,1-2H3. The lowest BCUT2D eigenvalue weighted by Crippen LogP contribution is -2.10. The van der Waals surface area contributed by atoms with Gasteiger partial charge in [-0.2, -0.15) is 0 Å². The zero-order valence-corrected chi connectivity index (χ0v) is 14.8. The average Bonchev–Trinajstić information content (AvgIpc) is 2.82. The van der Waals surface area contributed by atoms with Crippen LogP contribution in [-0.4, -0.2) is 6.61 Å². The molecule has 0 saturated heterocycles. The van der Waals surface area contributed by atoms with Crippen LogP contribution in [0.2, 0.25) is 0 Å². The van der Waals surface area contributed by atoms with Crippen LogP contribution in [0, 0.1) is 11.8 Å². The van der Waals surface area contributed by atoms with Gasteiger partial charge < -0.3 is 4.74 Å². The Morgan fingerprint density at radius 2 is 2.16 bits per heavy atom. The fourth-order valence-corrected chi connectivity index (χ4v) is 4.45. The van der Waals surface area contributed by atoms with Gasteiger partial charge in [-0.3, -0.25) is 0 Å². The molecule has 1 nitrogen and oxygen atoms in total. The summed E-state index contributed by atoms with van der Waals surface area (Å²) in [4.78, 5) is 0.460. The van der Waals surface area contributed by atoms with E-state index in [2.05, 4.69) is 63.9 Å². The maximum atomic E-state index is 5.71. The number of halogens is 2. The molecule has 1 aliphatic carbocycles. The lowest BCUT2D eigenvalue weighted by atomic mass is 9.91. The SMILES string of the molecule is CCCOc1ccc(C(Br)C2CCCC2C)cc1Br. The van der Waals surface area contributed by atoms with E-state index in [-0.39, 0.29) is 0 Å². The van der Waals surface area contributed by atoms with Gasteiger partial charge in [0.2, 0.25) is 0 Å². The topological polar surface area (TPSA) is 9.23 Å². The van der Waals surface area contributed by atoms with Crippen LogP contribution in [0.25, 0.3) is 0 Å². The van der Waals surface area contributed by atoms with Crippen LogP contribution >= 0.6 is 31.9 Å². The van der Waals surface area contributed by atoms with E-state index >= 15 is 0 Å². The fourth-order valence-electron chi connectivity index (χ4n) is 2.87. The molecule has 0 heterocycles. The summed E-state index contributed by atoms with van der Waals surface area (Å²) in [6, 6.07) is 6.48. The van der Waals surface area contributed by atoms with Gasteiger partial charge in [-0.05, 0) is 58.3 Å². The van der Waals surface area contributed by atoms with E-state index in [1.54, 1.807) is 0 Å². The number of hydrogen-bond acceptors (Lipinski definition) is 1. The Kier molecular flexibility index (Phi) is 5.76. The zero-order valence-electron chi connectivity index (χ0n) is 11.7. The Labute approximate surface area is 133 Å². The van der Waals surface area contributed by atoms with Crippen molar-refractivity contribution in [3.63, 3.8) is 0 Å². The molecule has 3 heteroatoms. The summed E-state index contributed by atoms with van der Waals surface area (Å²) in [7, 11) is 0. The predicted molar refractivity (Wildman–Crippen MR) is 88.1 cm³/mol. The molecule has 3 unspecified atom stereocenters. The van der Waals surface area contributed by atoms with Gasteiger partial charge in [-0.15, -0.1) is 0 Å².